The van der Waals surface area contributed by atoms with Gasteiger partial charge in [-0.1, -0.05) is 88.4 Å². The van der Waals surface area contributed by atoms with Crippen molar-refractivity contribution in [1.82, 2.24) is 40.4 Å². The lowest BCUT2D eigenvalue weighted by Gasteiger charge is -2.30. The Bertz CT molecular complexity index is 1870. The van der Waals surface area contributed by atoms with Gasteiger partial charge in [-0.15, -0.1) is 0 Å². The Labute approximate surface area is 327 Å². The summed E-state index contributed by atoms with van der Waals surface area (Å²) in [6, 6.07) is 14.6. The Hall–Kier alpha value is -5.92. The van der Waals surface area contributed by atoms with Gasteiger partial charge in [0.2, 0.25) is 11.8 Å². The van der Waals surface area contributed by atoms with E-state index in [0.29, 0.717) is 13.1 Å². The van der Waals surface area contributed by atoms with Crippen molar-refractivity contribution in [3.63, 3.8) is 0 Å². The highest BCUT2D eigenvalue weighted by atomic mass is 16.5. The average Bonchev–Trinajstić information content (AvgIpc) is 4.04. The smallest absolute Gasteiger partial charge is 0.407 e. The van der Waals surface area contributed by atoms with Crippen molar-refractivity contribution in [2.75, 3.05) is 27.3 Å². The maximum atomic E-state index is 13.5. The number of aromatic amines is 2. The minimum absolute atomic E-state index is 0.101. The second-order valence-corrected chi connectivity index (χ2v) is 15.0. The molecule has 14 heteroatoms. The quantitative estimate of drug-likeness (QED) is 0.115. The van der Waals surface area contributed by atoms with Crippen LogP contribution in [0.25, 0.3) is 34.7 Å². The van der Waals surface area contributed by atoms with Crippen LogP contribution in [0.1, 0.15) is 88.2 Å². The SMILES string of the molecule is COC(=O)N[C@H](C(=O)N1CCC[C@H]1c1ncc(-c2ccc(/C=C/c3ccc(-c4cnc([C@@H]5CCCN5C(=O)[C@@H](NC(=O)OC)C(C)C)[nH]4)cc3)cc2)[nH]1)C(C)C. The molecule has 6 rings (SSSR count). The number of H-pyrrole nitrogens is 2. The first kappa shape index (κ1) is 39.8. The van der Waals surface area contributed by atoms with Gasteiger partial charge >= 0.3 is 12.2 Å². The van der Waals surface area contributed by atoms with Crippen LogP contribution < -0.4 is 10.6 Å². The number of aromatic nitrogens is 4. The van der Waals surface area contributed by atoms with Gasteiger partial charge in [-0.3, -0.25) is 9.59 Å². The van der Waals surface area contributed by atoms with Crippen molar-refractivity contribution in [1.29, 1.82) is 0 Å². The first-order valence-corrected chi connectivity index (χ1v) is 19.3. The summed E-state index contributed by atoms with van der Waals surface area (Å²) in [5, 5.41) is 5.38. The van der Waals surface area contributed by atoms with Gasteiger partial charge in [-0.05, 0) is 59.8 Å². The largest absolute Gasteiger partial charge is 0.453 e. The summed E-state index contributed by atoms with van der Waals surface area (Å²) in [5.41, 5.74) is 5.77. The number of nitrogens with one attached hydrogen (secondary N) is 4. The molecule has 4 heterocycles. The van der Waals surface area contributed by atoms with Gasteiger partial charge < -0.3 is 39.9 Å². The number of imidazole rings is 2. The molecule has 4 amide bonds. The molecule has 2 aliphatic rings. The molecule has 4 aromatic rings. The summed E-state index contributed by atoms with van der Waals surface area (Å²) in [7, 11) is 2.58. The van der Waals surface area contributed by atoms with Crippen molar-refractivity contribution in [2.45, 2.75) is 77.5 Å². The molecule has 0 unspecified atom stereocenters. The first-order valence-electron chi connectivity index (χ1n) is 19.3. The first-order chi connectivity index (χ1) is 27.0. The third-order valence-electron chi connectivity index (χ3n) is 10.6. The molecule has 2 aliphatic heterocycles. The van der Waals surface area contributed by atoms with E-state index in [1.807, 2.05) is 52.0 Å². The molecule has 2 saturated heterocycles. The predicted molar refractivity (Wildman–Crippen MR) is 213 cm³/mol. The number of benzene rings is 2. The molecule has 2 aromatic heterocycles. The van der Waals surface area contributed by atoms with Crippen molar-refractivity contribution < 1.29 is 28.7 Å². The van der Waals surface area contributed by atoms with E-state index < -0.39 is 24.3 Å². The normalized spacial score (nSPS) is 18.1. The highest BCUT2D eigenvalue weighted by Crippen LogP contribution is 2.34. The Morgan fingerprint density at radius 3 is 1.38 bits per heavy atom. The fourth-order valence-corrected chi connectivity index (χ4v) is 7.43. The number of methoxy groups -OCH3 is 2. The van der Waals surface area contributed by atoms with Crippen LogP contribution in [0.4, 0.5) is 9.59 Å². The van der Waals surface area contributed by atoms with Crippen LogP contribution >= 0.6 is 0 Å². The zero-order valence-electron chi connectivity index (χ0n) is 32.9. The van der Waals surface area contributed by atoms with Crippen LogP contribution in [-0.2, 0) is 19.1 Å². The minimum Gasteiger partial charge on any atom is -0.453 e. The van der Waals surface area contributed by atoms with E-state index in [1.165, 1.54) is 14.2 Å². The fraction of sp³-hybridized carbons (Fsp3) is 0.429. The Kier molecular flexibility index (Phi) is 12.6. The molecule has 4 atom stereocenters. The van der Waals surface area contributed by atoms with Gasteiger partial charge in [0.1, 0.15) is 23.7 Å². The third-order valence-corrected chi connectivity index (χ3v) is 10.6. The van der Waals surface area contributed by atoms with Gasteiger partial charge in [0.15, 0.2) is 0 Å². The molecular weight excluding hydrogens is 713 g/mol. The van der Waals surface area contributed by atoms with Crippen LogP contribution in [0, 0.1) is 11.8 Å². The Balaban J connectivity index is 1.06. The van der Waals surface area contributed by atoms with E-state index in [-0.39, 0.29) is 35.7 Å². The predicted octanol–water partition coefficient (Wildman–Crippen LogP) is 6.73. The van der Waals surface area contributed by atoms with E-state index in [0.717, 1.165) is 71.0 Å². The number of hydrogen-bond acceptors (Lipinski definition) is 8. The monoisotopic (exact) mass is 764 g/mol. The van der Waals surface area contributed by atoms with Gasteiger partial charge in [0.25, 0.3) is 0 Å². The molecule has 0 saturated carbocycles. The fourth-order valence-electron chi connectivity index (χ4n) is 7.43. The highest BCUT2D eigenvalue weighted by Gasteiger charge is 2.39. The second kappa shape index (κ2) is 17.7. The lowest BCUT2D eigenvalue weighted by atomic mass is 10.0. The molecule has 0 spiro atoms. The zero-order chi connectivity index (χ0) is 39.9. The van der Waals surface area contributed by atoms with Crippen LogP contribution in [0.15, 0.2) is 60.9 Å². The number of hydrogen-bond donors (Lipinski definition) is 4. The Morgan fingerprint density at radius 2 is 1.04 bits per heavy atom. The summed E-state index contributed by atoms with van der Waals surface area (Å²) in [6.45, 7) is 8.80. The van der Waals surface area contributed by atoms with Gasteiger partial charge in [-0.25, -0.2) is 19.6 Å². The molecule has 0 aliphatic carbocycles. The number of rotatable bonds is 12. The number of alkyl carbamates (subject to hydrolysis) is 2. The molecule has 2 fully saturated rings. The average molecular weight is 765 g/mol. The molecule has 14 nitrogen and oxygen atoms in total. The number of carbonyl (C=O) groups is 4. The third kappa shape index (κ3) is 8.96. The number of likely N-dealkylation sites (tertiary alicyclic amines) is 2. The maximum absolute atomic E-state index is 13.5. The van der Waals surface area contributed by atoms with Crippen LogP contribution in [-0.4, -0.2) is 93.1 Å². The van der Waals surface area contributed by atoms with Crippen LogP contribution in [0.2, 0.25) is 0 Å². The molecule has 2 aromatic carbocycles. The lowest BCUT2D eigenvalue weighted by molar-refractivity contribution is -0.136. The number of nitrogens with zero attached hydrogens (tertiary/aromatic N) is 4. The highest BCUT2D eigenvalue weighted by molar-refractivity contribution is 5.87. The molecule has 0 bridgehead atoms. The van der Waals surface area contributed by atoms with Crippen molar-refractivity contribution in [3.05, 3.63) is 83.7 Å². The van der Waals surface area contributed by atoms with Crippen molar-refractivity contribution >= 4 is 36.2 Å². The molecular formula is C42H52N8O6. The van der Waals surface area contributed by atoms with Crippen LogP contribution in [0.3, 0.4) is 0 Å². The van der Waals surface area contributed by atoms with Gasteiger partial charge in [0.05, 0.1) is 50.1 Å². The summed E-state index contributed by atoms with van der Waals surface area (Å²) in [6.07, 6.45) is 9.75. The van der Waals surface area contributed by atoms with Crippen molar-refractivity contribution in [3.8, 4) is 22.5 Å². The number of carbonyl (C=O) groups excluding carboxylic acids is 4. The maximum Gasteiger partial charge on any atom is 0.407 e. The second-order valence-electron chi connectivity index (χ2n) is 15.0. The lowest BCUT2D eigenvalue weighted by Crippen LogP contribution is -2.51. The van der Waals surface area contributed by atoms with Gasteiger partial charge in [0, 0.05) is 13.1 Å². The number of amides is 4. The number of ether oxygens (including phenoxy) is 2. The van der Waals surface area contributed by atoms with Crippen LogP contribution in [0.5, 0.6) is 0 Å². The standard InChI is InChI=1S/C42H52N8O6/c1-25(2)35(47-41(53)55-5)39(51)49-21-7-9-33(49)37-43-23-31(45-37)29-17-13-27(14-18-29)11-12-28-15-19-30(20-16-28)32-24-44-38(46-32)34-10-8-22-50(34)40(52)36(26(3)4)48-42(54)56-6/h11-20,23-26,33-36H,7-10,21-22H2,1-6H3,(H,43,45)(H,44,46)(H,47,53)(H,48,54)/b12-11+/t33-,34-,35-,36-/m0/s1. The van der Waals surface area contributed by atoms with E-state index in [2.05, 4.69) is 67.0 Å². The summed E-state index contributed by atoms with van der Waals surface area (Å²) in [5.74, 6) is 0.977. The molecule has 4 N–H and O–H groups in total. The molecule has 296 valence electrons. The van der Waals surface area contributed by atoms with E-state index in [1.54, 1.807) is 22.2 Å². The summed E-state index contributed by atoms with van der Waals surface area (Å²) >= 11 is 0. The van der Waals surface area contributed by atoms with E-state index in [9.17, 15) is 19.2 Å². The minimum atomic E-state index is -0.683. The summed E-state index contributed by atoms with van der Waals surface area (Å²) < 4.78 is 9.50. The summed E-state index contributed by atoms with van der Waals surface area (Å²) in [4.78, 5) is 70.6. The zero-order valence-corrected chi connectivity index (χ0v) is 32.9. The van der Waals surface area contributed by atoms with E-state index in [4.69, 9.17) is 9.47 Å². The molecule has 56 heavy (non-hydrogen) atoms. The Morgan fingerprint density at radius 1 is 0.661 bits per heavy atom. The van der Waals surface area contributed by atoms with E-state index >= 15 is 0 Å². The topological polar surface area (TPSA) is 175 Å². The molecule has 0 radical (unpaired) electrons. The van der Waals surface area contributed by atoms with Gasteiger partial charge in [-0.2, -0.15) is 0 Å². The van der Waals surface area contributed by atoms with Crippen molar-refractivity contribution in [2.24, 2.45) is 11.8 Å².